The summed E-state index contributed by atoms with van der Waals surface area (Å²) in [6.07, 6.45) is 2.44. The van der Waals surface area contributed by atoms with Gasteiger partial charge >= 0.3 is 5.97 Å². The number of nitrogens with zero attached hydrogens (tertiary/aromatic N) is 1. The SMILES string of the molecule is Cc1nc(/C=C\C(=O)O)c(C)o1. The lowest BCUT2D eigenvalue weighted by atomic mass is 10.3. The third-order valence-electron chi connectivity index (χ3n) is 1.32. The van der Waals surface area contributed by atoms with Crippen molar-refractivity contribution < 1.29 is 14.3 Å². The van der Waals surface area contributed by atoms with Gasteiger partial charge < -0.3 is 9.52 Å². The molecule has 0 bridgehead atoms. The van der Waals surface area contributed by atoms with Gasteiger partial charge in [-0.25, -0.2) is 9.78 Å². The molecular weight excluding hydrogens is 158 g/mol. The zero-order valence-corrected chi connectivity index (χ0v) is 6.87. The Labute approximate surface area is 69.5 Å². The number of hydrogen-bond donors (Lipinski definition) is 1. The van der Waals surface area contributed by atoms with Crippen LogP contribution in [0.1, 0.15) is 17.3 Å². The summed E-state index contributed by atoms with van der Waals surface area (Å²) in [5, 5.41) is 8.33. The Morgan fingerprint density at radius 1 is 1.58 bits per heavy atom. The molecular formula is C8H9NO3. The van der Waals surface area contributed by atoms with E-state index in [4.69, 9.17) is 9.52 Å². The van der Waals surface area contributed by atoms with Crippen molar-refractivity contribution >= 4 is 12.0 Å². The van der Waals surface area contributed by atoms with Crippen molar-refractivity contribution in [1.29, 1.82) is 0 Å². The van der Waals surface area contributed by atoms with Gasteiger partial charge in [-0.1, -0.05) is 0 Å². The van der Waals surface area contributed by atoms with E-state index in [0.717, 1.165) is 6.08 Å². The van der Waals surface area contributed by atoms with Crippen LogP contribution in [0.15, 0.2) is 10.5 Å². The quantitative estimate of drug-likeness (QED) is 0.676. The smallest absolute Gasteiger partial charge is 0.328 e. The van der Waals surface area contributed by atoms with Gasteiger partial charge in [0.1, 0.15) is 11.5 Å². The number of carbonyl (C=O) groups is 1. The fraction of sp³-hybridized carbons (Fsp3) is 0.250. The van der Waals surface area contributed by atoms with Gasteiger partial charge in [-0.3, -0.25) is 0 Å². The maximum Gasteiger partial charge on any atom is 0.328 e. The van der Waals surface area contributed by atoms with Crippen molar-refractivity contribution in [2.45, 2.75) is 13.8 Å². The molecule has 0 amide bonds. The van der Waals surface area contributed by atoms with Crippen molar-refractivity contribution in [2.75, 3.05) is 0 Å². The van der Waals surface area contributed by atoms with Crippen LogP contribution in [0.2, 0.25) is 0 Å². The largest absolute Gasteiger partial charge is 0.478 e. The lowest BCUT2D eigenvalue weighted by Gasteiger charge is -1.82. The Balaban J connectivity index is 2.89. The maximum absolute atomic E-state index is 10.1. The topological polar surface area (TPSA) is 63.3 Å². The maximum atomic E-state index is 10.1. The molecule has 0 unspecified atom stereocenters. The predicted octanol–water partition coefficient (Wildman–Crippen LogP) is 1.39. The van der Waals surface area contributed by atoms with E-state index in [2.05, 4.69) is 4.98 Å². The Hall–Kier alpha value is -1.58. The highest BCUT2D eigenvalue weighted by atomic mass is 16.4. The van der Waals surface area contributed by atoms with Gasteiger partial charge in [0.15, 0.2) is 5.89 Å². The van der Waals surface area contributed by atoms with E-state index >= 15 is 0 Å². The van der Waals surface area contributed by atoms with Gasteiger partial charge in [0.25, 0.3) is 0 Å². The summed E-state index contributed by atoms with van der Waals surface area (Å²) in [5.74, 6) is 0.178. The summed E-state index contributed by atoms with van der Waals surface area (Å²) in [4.78, 5) is 14.1. The van der Waals surface area contributed by atoms with Crippen LogP contribution in [0.25, 0.3) is 6.08 Å². The van der Waals surface area contributed by atoms with Crippen LogP contribution in [0.4, 0.5) is 0 Å². The monoisotopic (exact) mass is 167 g/mol. The second kappa shape index (κ2) is 3.21. The molecule has 0 aliphatic rings. The van der Waals surface area contributed by atoms with E-state index < -0.39 is 5.97 Å². The third-order valence-corrected chi connectivity index (χ3v) is 1.32. The average Bonchev–Trinajstić information content (AvgIpc) is 2.26. The molecule has 0 saturated carbocycles. The average molecular weight is 167 g/mol. The molecule has 12 heavy (non-hydrogen) atoms. The number of hydrogen-bond acceptors (Lipinski definition) is 3. The highest BCUT2D eigenvalue weighted by molar-refractivity contribution is 5.85. The number of oxazole rings is 1. The molecule has 0 radical (unpaired) electrons. The van der Waals surface area contributed by atoms with E-state index in [1.54, 1.807) is 13.8 Å². The lowest BCUT2D eigenvalue weighted by Crippen LogP contribution is -1.86. The highest BCUT2D eigenvalue weighted by Gasteiger charge is 2.02. The van der Waals surface area contributed by atoms with Gasteiger partial charge in [0.05, 0.1) is 0 Å². The first kappa shape index (κ1) is 8.52. The van der Waals surface area contributed by atoms with E-state index in [1.807, 2.05) is 0 Å². The standard InChI is InChI=1S/C8H9NO3/c1-5-7(3-4-8(10)11)9-6(2)12-5/h3-4H,1-2H3,(H,10,11)/b4-3-. The van der Waals surface area contributed by atoms with Gasteiger partial charge in [-0.05, 0) is 13.0 Å². The Morgan fingerprint density at radius 2 is 2.25 bits per heavy atom. The zero-order chi connectivity index (χ0) is 9.14. The number of rotatable bonds is 2. The number of aryl methyl sites for hydroxylation is 2. The highest BCUT2D eigenvalue weighted by Crippen LogP contribution is 2.09. The first-order chi connectivity index (χ1) is 5.59. The molecule has 1 heterocycles. The summed E-state index contributed by atoms with van der Waals surface area (Å²) >= 11 is 0. The zero-order valence-electron chi connectivity index (χ0n) is 6.87. The van der Waals surface area contributed by atoms with E-state index in [0.29, 0.717) is 17.3 Å². The second-order valence-electron chi connectivity index (χ2n) is 2.35. The molecule has 1 aromatic rings. The van der Waals surface area contributed by atoms with Crippen LogP contribution in [0, 0.1) is 13.8 Å². The Kier molecular flexibility index (Phi) is 2.28. The van der Waals surface area contributed by atoms with Crippen LogP contribution in [-0.2, 0) is 4.79 Å². The van der Waals surface area contributed by atoms with Gasteiger partial charge in [-0.15, -0.1) is 0 Å². The summed E-state index contributed by atoms with van der Waals surface area (Å²) in [6, 6.07) is 0. The molecule has 4 nitrogen and oxygen atoms in total. The molecule has 0 spiro atoms. The molecule has 0 aliphatic heterocycles. The molecule has 0 aliphatic carbocycles. The summed E-state index contributed by atoms with van der Waals surface area (Å²) in [6.45, 7) is 3.45. The second-order valence-corrected chi connectivity index (χ2v) is 2.35. The molecule has 0 aromatic carbocycles. The summed E-state index contributed by atoms with van der Waals surface area (Å²) in [7, 11) is 0. The number of carboxylic acids is 1. The minimum atomic E-state index is -0.991. The first-order valence-corrected chi connectivity index (χ1v) is 3.44. The third kappa shape index (κ3) is 1.95. The van der Waals surface area contributed by atoms with Crippen LogP contribution in [-0.4, -0.2) is 16.1 Å². The van der Waals surface area contributed by atoms with E-state index in [1.165, 1.54) is 6.08 Å². The fourth-order valence-corrected chi connectivity index (χ4v) is 0.850. The molecule has 1 aromatic heterocycles. The molecule has 64 valence electrons. The van der Waals surface area contributed by atoms with E-state index in [-0.39, 0.29) is 0 Å². The molecule has 1 rings (SSSR count). The molecule has 0 atom stereocenters. The normalized spacial score (nSPS) is 10.8. The van der Waals surface area contributed by atoms with Crippen LogP contribution >= 0.6 is 0 Å². The Bertz CT molecular complexity index is 325. The number of carboxylic acid groups (broad SMARTS) is 1. The van der Waals surface area contributed by atoms with Crippen molar-refractivity contribution in [1.82, 2.24) is 4.98 Å². The van der Waals surface area contributed by atoms with Gasteiger partial charge in [0, 0.05) is 13.0 Å². The molecule has 1 N–H and O–H groups in total. The number of aromatic nitrogens is 1. The summed E-state index contributed by atoms with van der Waals surface area (Å²) in [5.41, 5.74) is 0.565. The van der Waals surface area contributed by atoms with Crippen LogP contribution < -0.4 is 0 Å². The van der Waals surface area contributed by atoms with Crippen molar-refractivity contribution in [3.05, 3.63) is 23.4 Å². The van der Waals surface area contributed by atoms with E-state index in [9.17, 15) is 4.79 Å². The fourth-order valence-electron chi connectivity index (χ4n) is 0.850. The van der Waals surface area contributed by atoms with Gasteiger partial charge in [-0.2, -0.15) is 0 Å². The molecule has 0 saturated heterocycles. The number of aliphatic carboxylic acids is 1. The van der Waals surface area contributed by atoms with Gasteiger partial charge in [0.2, 0.25) is 0 Å². The van der Waals surface area contributed by atoms with Crippen LogP contribution in [0.5, 0.6) is 0 Å². The lowest BCUT2D eigenvalue weighted by molar-refractivity contribution is -0.131. The summed E-state index contributed by atoms with van der Waals surface area (Å²) < 4.78 is 5.09. The minimum absolute atomic E-state index is 0.539. The van der Waals surface area contributed by atoms with Crippen molar-refractivity contribution in [3.63, 3.8) is 0 Å². The molecule has 0 fully saturated rings. The predicted molar refractivity (Wildman–Crippen MR) is 42.6 cm³/mol. The van der Waals surface area contributed by atoms with Crippen molar-refractivity contribution in [2.24, 2.45) is 0 Å². The molecule has 4 heteroatoms. The van der Waals surface area contributed by atoms with Crippen molar-refractivity contribution in [3.8, 4) is 0 Å². The Morgan fingerprint density at radius 3 is 2.67 bits per heavy atom. The first-order valence-electron chi connectivity index (χ1n) is 3.44. The van der Waals surface area contributed by atoms with Crippen LogP contribution in [0.3, 0.4) is 0 Å². The minimum Gasteiger partial charge on any atom is -0.478 e.